The molecule has 3 amide bonds. The molecule has 9 nitrogen and oxygen atoms in total. The van der Waals surface area contributed by atoms with Gasteiger partial charge in [0.15, 0.2) is 12.0 Å². The van der Waals surface area contributed by atoms with E-state index in [1.807, 2.05) is 66.6 Å². The van der Waals surface area contributed by atoms with Crippen molar-refractivity contribution in [3.63, 3.8) is 0 Å². The number of likely N-dealkylation sites (tertiary alicyclic amines) is 1. The van der Waals surface area contributed by atoms with E-state index in [1.54, 1.807) is 6.20 Å². The molecule has 9 heteroatoms. The van der Waals surface area contributed by atoms with Gasteiger partial charge in [-0.05, 0) is 25.8 Å². The number of carbonyl (C=O) groups excluding carboxylic acids is 2. The van der Waals surface area contributed by atoms with Gasteiger partial charge in [0, 0.05) is 71.8 Å². The van der Waals surface area contributed by atoms with Crippen molar-refractivity contribution in [1.29, 1.82) is 0 Å². The number of aromatic nitrogens is 3. The first-order valence-electron chi connectivity index (χ1n) is 14.1. The molecule has 1 unspecified atom stereocenters. The summed E-state index contributed by atoms with van der Waals surface area (Å²) in [6.45, 7) is 3.10. The molecule has 7 rings (SSSR count). The summed E-state index contributed by atoms with van der Waals surface area (Å²) in [7, 11) is 0. The Morgan fingerprint density at radius 2 is 1.90 bits per heavy atom. The van der Waals surface area contributed by atoms with Gasteiger partial charge in [0.25, 0.3) is 0 Å². The highest BCUT2D eigenvalue weighted by Crippen LogP contribution is 2.44. The molecule has 1 aliphatic carbocycles. The second-order valence-electron chi connectivity index (χ2n) is 11.0. The fourth-order valence-corrected chi connectivity index (χ4v) is 6.53. The summed E-state index contributed by atoms with van der Waals surface area (Å²) in [5, 5.41) is 6.10. The molecule has 1 saturated heterocycles. The first-order valence-corrected chi connectivity index (χ1v) is 14.1. The SMILES string of the molecule is Cc1cnc2n1C1=C(C=CC=CC1)C(c1ccccc1)=NC2NC(=O)N1CCC2(CC1)CC(=O)Nc1ncccc12. The number of amides is 3. The third-order valence-corrected chi connectivity index (χ3v) is 8.58. The lowest BCUT2D eigenvalue weighted by atomic mass is 9.69. The summed E-state index contributed by atoms with van der Waals surface area (Å²) in [5.41, 5.74) is 5.65. The largest absolute Gasteiger partial charge is 0.325 e. The van der Waals surface area contributed by atoms with Gasteiger partial charge in [0.1, 0.15) is 5.82 Å². The number of imidazole rings is 1. The van der Waals surface area contributed by atoms with Gasteiger partial charge in [0.2, 0.25) is 5.91 Å². The number of benzene rings is 1. The number of allylic oxidation sites excluding steroid dienone is 6. The first kappa shape index (κ1) is 25.2. The number of nitrogens with zero attached hydrogens (tertiary/aromatic N) is 5. The quantitative estimate of drug-likeness (QED) is 0.478. The Morgan fingerprint density at radius 1 is 1.07 bits per heavy atom. The molecule has 41 heavy (non-hydrogen) atoms. The Kier molecular flexibility index (Phi) is 6.14. The van der Waals surface area contributed by atoms with Crippen molar-refractivity contribution in [2.45, 2.75) is 44.2 Å². The first-order chi connectivity index (χ1) is 20.0. The zero-order chi connectivity index (χ0) is 28.0. The van der Waals surface area contributed by atoms with Crippen molar-refractivity contribution in [2.75, 3.05) is 18.4 Å². The molecule has 1 atom stereocenters. The lowest BCUT2D eigenvalue weighted by Gasteiger charge is -2.44. The molecule has 4 aliphatic rings. The minimum Gasteiger partial charge on any atom is -0.325 e. The number of urea groups is 1. The Balaban J connectivity index is 1.19. The average Bonchev–Trinajstić information content (AvgIpc) is 3.14. The molecule has 3 aromatic rings. The van der Waals surface area contributed by atoms with Crippen LogP contribution in [0.2, 0.25) is 0 Å². The molecule has 1 spiro atoms. The molecule has 0 saturated carbocycles. The molecular weight excluding hydrogens is 514 g/mol. The number of carbonyl (C=O) groups is 2. The minimum absolute atomic E-state index is 0.0197. The number of anilines is 1. The van der Waals surface area contributed by atoms with Crippen LogP contribution in [0.1, 0.15) is 54.5 Å². The summed E-state index contributed by atoms with van der Waals surface area (Å²) in [5.74, 6) is 1.31. The van der Waals surface area contributed by atoms with Crippen LogP contribution in [0.5, 0.6) is 0 Å². The maximum absolute atomic E-state index is 13.8. The summed E-state index contributed by atoms with van der Waals surface area (Å²) in [6.07, 6.45) is 13.7. The van der Waals surface area contributed by atoms with Gasteiger partial charge in [0.05, 0.1) is 5.71 Å². The van der Waals surface area contributed by atoms with Gasteiger partial charge in [-0.25, -0.2) is 14.8 Å². The normalized spacial score (nSPS) is 20.8. The Labute approximate surface area is 238 Å². The number of hydrogen-bond donors (Lipinski definition) is 2. The van der Waals surface area contributed by atoms with Crippen molar-refractivity contribution in [1.82, 2.24) is 24.8 Å². The molecular formula is C32H31N7O2. The fraction of sp³-hybridized carbons (Fsp3) is 0.281. The van der Waals surface area contributed by atoms with Gasteiger partial charge in [-0.15, -0.1) is 0 Å². The van der Waals surface area contributed by atoms with Gasteiger partial charge < -0.3 is 20.1 Å². The van der Waals surface area contributed by atoms with E-state index < -0.39 is 6.17 Å². The summed E-state index contributed by atoms with van der Waals surface area (Å²) in [6, 6.07) is 13.9. The van der Waals surface area contributed by atoms with Crippen LogP contribution in [0.25, 0.3) is 5.70 Å². The van der Waals surface area contributed by atoms with Crippen molar-refractivity contribution >= 4 is 29.2 Å². The van der Waals surface area contributed by atoms with Crippen LogP contribution in [-0.4, -0.2) is 50.2 Å². The van der Waals surface area contributed by atoms with Gasteiger partial charge in [-0.2, -0.15) is 0 Å². The van der Waals surface area contributed by atoms with Gasteiger partial charge in [-0.1, -0.05) is 60.7 Å². The van der Waals surface area contributed by atoms with E-state index in [0.29, 0.717) is 44.0 Å². The topological polar surface area (TPSA) is 105 Å². The van der Waals surface area contributed by atoms with Crippen molar-refractivity contribution in [3.8, 4) is 0 Å². The van der Waals surface area contributed by atoms with Crippen LogP contribution in [0.4, 0.5) is 10.6 Å². The number of hydrogen-bond acceptors (Lipinski definition) is 5. The van der Waals surface area contributed by atoms with E-state index >= 15 is 0 Å². The highest BCUT2D eigenvalue weighted by Gasteiger charge is 2.44. The fourth-order valence-electron chi connectivity index (χ4n) is 6.53. The van der Waals surface area contributed by atoms with Crippen LogP contribution in [0, 0.1) is 6.92 Å². The molecule has 2 aromatic heterocycles. The molecule has 1 aromatic carbocycles. The minimum atomic E-state index is -0.669. The molecule has 2 N–H and O–H groups in total. The molecule has 5 heterocycles. The maximum atomic E-state index is 13.8. The predicted molar refractivity (Wildman–Crippen MR) is 157 cm³/mol. The number of aliphatic imine (C=N–C) groups is 1. The van der Waals surface area contributed by atoms with Crippen molar-refractivity contribution < 1.29 is 9.59 Å². The standard InChI is InChI=1S/C32H31N7O2/c1-21-20-34-30-29(36-27(22-9-4-2-5-10-22)23-11-6-3-7-13-25(23)39(21)30)37-31(41)38-17-14-32(15-18-38)19-26(40)35-28-24(32)12-8-16-33-28/h2-12,16,20,29H,13-15,17-19H2,1H3,(H,37,41)(H,33,35,40). The van der Waals surface area contributed by atoms with Crippen LogP contribution in [0.15, 0.2) is 89.7 Å². The number of nitrogens with one attached hydrogen (secondary N) is 2. The Bertz CT molecular complexity index is 1660. The van der Waals surface area contributed by atoms with Gasteiger partial charge >= 0.3 is 6.03 Å². The average molecular weight is 546 g/mol. The number of fused-ring (bicyclic) bond motifs is 4. The summed E-state index contributed by atoms with van der Waals surface area (Å²) >= 11 is 0. The zero-order valence-electron chi connectivity index (χ0n) is 22.9. The van der Waals surface area contributed by atoms with Crippen LogP contribution in [0.3, 0.4) is 0 Å². The molecule has 3 aliphatic heterocycles. The Morgan fingerprint density at radius 3 is 2.73 bits per heavy atom. The third kappa shape index (κ3) is 4.38. The maximum Gasteiger partial charge on any atom is 0.319 e. The van der Waals surface area contributed by atoms with E-state index in [0.717, 1.165) is 40.2 Å². The van der Waals surface area contributed by atoms with E-state index in [1.165, 1.54) is 0 Å². The zero-order valence-corrected chi connectivity index (χ0v) is 22.9. The number of pyridine rings is 1. The predicted octanol–water partition coefficient (Wildman–Crippen LogP) is 4.90. The summed E-state index contributed by atoms with van der Waals surface area (Å²) < 4.78 is 2.13. The lowest BCUT2D eigenvalue weighted by molar-refractivity contribution is -0.118. The molecule has 206 valence electrons. The van der Waals surface area contributed by atoms with Crippen LogP contribution in [-0.2, 0) is 10.2 Å². The number of piperidine rings is 1. The molecule has 1 fully saturated rings. The number of rotatable bonds is 2. The summed E-state index contributed by atoms with van der Waals surface area (Å²) in [4.78, 5) is 42.4. The van der Waals surface area contributed by atoms with E-state index in [9.17, 15) is 9.59 Å². The van der Waals surface area contributed by atoms with Crippen LogP contribution >= 0.6 is 0 Å². The molecule has 0 bridgehead atoms. The lowest BCUT2D eigenvalue weighted by Crippen LogP contribution is -2.51. The van der Waals surface area contributed by atoms with Gasteiger partial charge in [-0.3, -0.25) is 9.79 Å². The van der Waals surface area contributed by atoms with Crippen molar-refractivity contribution in [2.24, 2.45) is 4.99 Å². The number of aryl methyl sites for hydroxylation is 1. The second kappa shape index (κ2) is 9.99. The highest BCUT2D eigenvalue weighted by molar-refractivity contribution is 6.18. The van der Waals surface area contributed by atoms with E-state index in [2.05, 4.69) is 38.4 Å². The highest BCUT2D eigenvalue weighted by atomic mass is 16.2. The van der Waals surface area contributed by atoms with E-state index in [-0.39, 0.29) is 17.4 Å². The molecule has 0 radical (unpaired) electrons. The van der Waals surface area contributed by atoms with Crippen molar-refractivity contribution in [3.05, 3.63) is 107 Å². The van der Waals surface area contributed by atoms with E-state index in [4.69, 9.17) is 9.98 Å². The van der Waals surface area contributed by atoms with Crippen LogP contribution < -0.4 is 10.6 Å². The second-order valence-corrected chi connectivity index (χ2v) is 11.0. The smallest absolute Gasteiger partial charge is 0.319 e. The third-order valence-electron chi connectivity index (χ3n) is 8.58. The monoisotopic (exact) mass is 545 g/mol. The Hall–Kier alpha value is -4.79.